The molecule has 0 bridgehead atoms. The van der Waals surface area contributed by atoms with E-state index in [-0.39, 0.29) is 0 Å². The highest BCUT2D eigenvalue weighted by Gasteiger charge is 2.50. The molecule has 256 valence electrons. The molecule has 2 aliphatic carbocycles. The van der Waals surface area contributed by atoms with Gasteiger partial charge in [0.15, 0.2) is 0 Å². The van der Waals surface area contributed by atoms with E-state index in [2.05, 4.69) is 216 Å². The first-order chi connectivity index (χ1) is 27.3. The molecule has 0 aliphatic heterocycles. The zero-order valence-corrected chi connectivity index (χ0v) is 30.0. The Morgan fingerprint density at radius 3 is 1.55 bits per heavy atom. The average molecular weight is 699 g/mol. The minimum absolute atomic E-state index is 0.484. The fourth-order valence-electron chi connectivity index (χ4n) is 10.0. The Hall–Kier alpha value is -7.16. The van der Waals surface area contributed by atoms with Gasteiger partial charge in [-0.3, -0.25) is 0 Å². The molecule has 2 heteroatoms. The quantitative estimate of drug-likeness (QED) is 0.174. The minimum Gasteiger partial charge on any atom is -0.311 e. The zero-order valence-electron chi connectivity index (χ0n) is 30.0. The van der Waals surface area contributed by atoms with Gasteiger partial charge in [-0.05, 0) is 128 Å². The van der Waals surface area contributed by atoms with Gasteiger partial charge < -0.3 is 9.47 Å². The Morgan fingerprint density at radius 1 is 0.345 bits per heavy atom. The molecular formula is C53H34N2. The molecule has 10 aromatic rings. The lowest BCUT2D eigenvalue weighted by atomic mass is 9.62. The minimum atomic E-state index is -0.484. The molecule has 0 saturated heterocycles. The molecule has 2 aliphatic rings. The van der Waals surface area contributed by atoms with Crippen molar-refractivity contribution in [3.05, 3.63) is 229 Å². The molecule has 1 spiro atoms. The van der Waals surface area contributed by atoms with E-state index in [4.69, 9.17) is 0 Å². The Balaban J connectivity index is 1.15. The van der Waals surface area contributed by atoms with Crippen LogP contribution < -0.4 is 4.90 Å². The van der Waals surface area contributed by atoms with E-state index in [1.165, 1.54) is 82.8 Å². The molecule has 0 N–H and O–H groups in total. The van der Waals surface area contributed by atoms with Crippen LogP contribution in [0.5, 0.6) is 0 Å². The van der Waals surface area contributed by atoms with Gasteiger partial charge in [-0.25, -0.2) is 0 Å². The van der Waals surface area contributed by atoms with Crippen molar-refractivity contribution in [2.75, 3.05) is 4.90 Å². The van der Waals surface area contributed by atoms with E-state index in [1.54, 1.807) is 0 Å². The Kier molecular flexibility index (Phi) is 6.29. The fraction of sp³-hybridized carbons (Fsp3) is 0.0189. The number of aromatic nitrogens is 1. The summed E-state index contributed by atoms with van der Waals surface area (Å²) in [7, 11) is 0. The summed E-state index contributed by atoms with van der Waals surface area (Å²) in [5.74, 6) is 0. The second kappa shape index (κ2) is 11.4. The number of hydrogen-bond acceptors (Lipinski definition) is 1. The van der Waals surface area contributed by atoms with Crippen LogP contribution in [0.15, 0.2) is 206 Å². The number of para-hydroxylation sites is 3. The van der Waals surface area contributed by atoms with Crippen molar-refractivity contribution in [3.63, 3.8) is 0 Å². The molecule has 0 unspecified atom stereocenters. The van der Waals surface area contributed by atoms with Crippen LogP contribution in [0.4, 0.5) is 17.1 Å². The van der Waals surface area contributed by atoms with Crippen molar-refractivity contribution in [2.45, 2.75) is 5.41 Å². The number of rotatable bonds is 5. The second-order valence-electron chi connectivity index (χ2n) is 14.8. The molecular weight excluding hydrogens is 665 g/mol. The molecule has 0 radical (unpaired) electrons. The maximum absolute atomic E-state index is 2.52. The third-order valence-corrected chi connectivity index (χ3v) is 12.1. The van der Waals surface area contributed by atoms with E-state index in [1.807, 2.05) is 0 Å². The average Bonchev–Trinajstić information content (AvgIpc) is 3.76. The highest BCUT2D eigenvalue weighted by Crippen LogP contribution is 2.62. The van der Waals surface area contributed by atoms with Gasteiger partial charge in [0, 0.05) is 33.5 Å². The van der Waals surface area contributed by atoms with Crippen molar-refractivity contribution in [3.8, 4) is 27.9 Å². The summed E-state index contributed by atoms with van der Waals surface area (Å²) in [5.41, 5.74) is 17.1. The number of nitrogens with zero attached hydrogens (tertiary/aromatic N) is 2. The summed E-state index contributed by atoms with van der Waals surface area (Å²) in [6, 6.07) is 76.1. The predicted molar refractivity (Wildman–Crippen MR) is 229 cm³/mol. The van der Waals surface area contributed by atoms with E-state index in [0.717, 1.165) is 17.1 Å². The van der Waals surface area contributed by atoms with Crippen molar-refractivity contribution in [2.24, 2.45) is 0 Å². The summed E-state index contributed by atoms with van der Waals surface area (Å²) >= 11 is 0. The van der Waals surface area contributed by atoms with E-state index < -0.39 is 5.41 Å². The summed E-state index contributed by atoms with van der Waals surface area (Å²) < 4.78 is 2.47. The monoisotopic (exact) mass is 698 g/mol. The van der Waals surface area contributed by atoms with Gasteiger partial charge in [0.05, 0.1) is 16.4 Å². The molecule has 0 amide bonds. The molecule has 2 nitrogen and oxygen atoms in total. The summed E-state index contributed by atoms with van der Waals surface area (Å²) in [4.78, 5) is 2.33. The van der Waals surface area contributed by atoms with Gasteiger partial charge in [0.25, 0.3) is 0 Å². The Labute approximate surface area is 319 Å². The Morgan fingerprint density at radius 2 is 0.891 bits per heavy atom. The maximum Gasteiger partial charge on any atom is 0.0726 e. The van der Waals surface area contributed by atoms with Gasteiger partial charge in [0.1, 0.15) is 0 Å². The lowest BCUT2D eigenvalue weighted by molar-refractivity contribution is 0.783. The first-order valence-electron chi connectivity index (χ1n) is 19.1. The van der Waals surface area contributed by atoms with Crippen LogP contribution in [0.2, 0.25) is 0 Å². The molecule has 0 fully saturated rings. The van der Waals surface area contributed by atoms with E-state index >= 15 is 0 Å². The van der Waals surface area contributed by atoms with Crippen LogP contribution in [-0.2, 0) is 5.41 Å². The molecule has 1 heterocycles. The predicted octanol–water partition coefficient (Wildman–Crippen LogP) is 13.8. The largest absolute Gasteiger partial charge is 0.311 e. The number of benzene rings is 9. The first kappa shape index (κ1) is 30.3. The van der Waals surface area contributed by atoms with Crippen molar-refractivity contribution in [1.29, 1.82) is 0 Å². The van der Waals surface area contributed by atoms with Gasteiger partial charge >= 0.3 is 0 Å². The summed E-state index contributed by atoms with van der Waals surface area (Å²) in [6.07, 6.45) is 0. The molecule has 1 aromatic heterocycles. The smallest absolute Gasteiger partial charge is 0.0726 e. The maximum atomic E-state index is 2.52. The van der Waals surface area contributed by atoms with Gasteiger partial charge in [-0.15, -0.1) is 0 Å². The van der Waals surface area contributed by atoms with Gasteiger partial charge in [-0.1, -0.05) is 133 Å². The molecule has 12 rings (SSSR count). The lowest BCUT2D eigenvalue weighted by Crippen LogP contribution is -2.30. The number of hydrogen-bond donors (Lipinski definition) is 0. The highest BCUT2D eigenvalue weighted by atomic mass is 15.1. The number of fused-ring (bicyclic) bond motifs is 7. The van der Waals surface area contributed by atoms with Crippen molar-refractivity contribution < 1.29 is 0 Å². The van der Waals surface area contributed by atoms with Crippen molar-refractivity contribution in [1.82, 2.24) is 4.57 Å². The standard InChI is InChI=1S/C53H34N2/c1-4-15-38(16-5-1)54(39-17-6-2-7-18-39)41-30-27-35(28-31-41)37-33-36-29-32-49-52-50(36)47(34-37)53(44-23-12-10-21-42(44)43-22-11-13-24-45(43)53)46-25-14-26-48(51(46)52)55(49)40-19-8-3-9-20-40/h1-34H. The van der Waals surface area contributed by atoms with Crippen LogP contribution in [0, 0.1) is 0 Å². The van der Waals surface area contributed by atoms with Gasteiger partial charge in [0.2, 0.25) is 0 Å². The van der Waals surface area contributed by atoms with Crippen LogP contribution in [-0.4, -0.2) is 4.57 Å². The summed E-state index contributed by atoms with van der Waals surface area (Å²) in [5, 5.41) is 5.31. The fourth-order valence-corrected chi connectivity index (χ4v) is 10.0. The van der Waals surface area contributed by atoms with E-state index in [9.17, 15) is 0 Å². The van der Waals surface area contributed by atoms with Crippen LogP contribution in [0.25, 0.3) is 60.5 Å². The van der Waals surface area contributed by atoms with Crippen LogP contribution >= 0.6 is 0 Å². The molecule has 9 aromatic carbocycles. The normalized spacial score (nSPS) is 13.2. The topological polar surface area (TPSA) is 8.17 Å². The third kappa shape index (κ3) is 4.08. The van der Waals surface area contributed by atoms with Crippen molar-refractivity contribution >= 4 is 49.6 Å². The zero-order chi connectivity index (χ0) is 36.1. The summed E-state index contributed by atoms with van der Waals surface area (Å²) in [6.45, 7) is 0. The van der Waals surface area contributed by atoms with Gasteiger partial charge in [-0.2, -0.15) is 0 Å². The van der Waals surface area contributed by atoms with Crippen LogP contribution in [0.3, 0.4) is 0 Å². The highest BCUT2D eigenvalue weighted by molar-refractivity contribution is 6.27. The number of anilines is 3. The lowest BCUT2D eigenvalue weighted by Gasteiger charge is -2.38. The Bertz CT molecular complexity index is 3040. The van der Waals surface area contributed by atoms with E-state index in [0.29, 0.717) is 0 Å². The molecule has 0 saturated carbocycles. The third-order valence-electron chi connectivity index (χ3n) is 12.1. The van der Waals surface area contributed by atoms with Crippen LogP contribution in [0.1, 0.15) is 22.3 Å². The molecule has 55 heavy (non-hydrogen) atoms. The SMILES string of the molecule is c1ccc(N(c2ccccc2)c2ccc(-c3cc4c5c(ccc6c5c5c(cccc5n6-c5ccccc5)C45c4ccccc4-c4ccccc45)c3)cc2)cc1. The molecule has 0 atom stereocenters. The second-order valence-corrected chi connectivity index (χ2v) is 14.8. The first-order valence-corrected chi connectivity index (χ1v) is 19.1.